The molecule has 3 heterocycles. The first-order valence-corrected chi connectivity index (χ1v) is 22.7. The number of carbonyl (C=O) groups excluding carboxylic acids is 3. The zero-order valence-corrected chi connectivity index (χ0v) is 36.7. The molecule has 3 fully saturated rings. The molecule has 0 bridgehead atoms. The smallest absolute Gasteiger partial charge is 0.410 e. The highest BCUT2D eigenvalue weighted by molar-refractivity contribution is 7.10. The minimum atomic E-state index is -0.704. The van der Waals surface area contributed by atoms with Crippen molar-refractivity contribution in [3.8, 4) is 17.0 Å². The fourth-order valence-corrected chi connectivity index (χ4v) is 9.51. The molecule has 1 aliphatic carbocycles. The first-order valence-electron chi connectivity index (χ1n) is 21.9. The highest BCUT2D eigenvalue weighted by Crippen LogP contribution is 2.41. The second-order valence-corrected chi connectivity index (χ2v) is 18.1. The maximum absolute atomic E-state index is 14.6. The number of ether oxygens (including phenoxy) is 5. The number of thiazole rings is 1. The summed E-state index contributed by atoms with van der Waals surface area (Å²) in [5.41, 5.74) is 1.21. The van der Waals surface area contributed by atoms with Crippen LogP contribution in [0.5, 0.6) is 5.75 Å². The van der Waals surface area contributed by atoms with Crippen molar-refractivity contribution in [1.82, 2.24) is 20.1 Å². The molecule has 2 amide bonds. The number of benzene rings is 2. The molecule has 1 N–H and O–H groups in total. The number of Topliss-reactive ketones (excluding diaryl/α,β-unsaturated/α-hetero) is 1. The standard InChI is InChI=1S/C46H66N4O8S/c1-32(49(5)45(53)58-46(2,3)4)41(51)30-38(33-12-7-6-8-13-33)44(52)50-23-11-16-40(50)43-48-39(31-59-43)36-17-18-42(37-15-10-9-14-35(36)37)57-29-27-55-25-24-54-26-28-56-34-19-21-47-22-20-34/h9-10,14-15,17-18,31-34,38,40,47H,6-8,11-13,16,19-30H2,1-5H3/t32-,38-,40-/m0/s1. The number of hydrogen-bond acceptors (Lipinski definition) is 11. The Morgan fingerprint density at radius 3 is 2.31 bits per heavy atom. The minimum absolute atomic E-state index is 0.0395. The Labute approximate surface area is 354 Å². The normalized spacial score (nSPS) is 19.1. The number of piperidine rings is 1. The quantitative estimate of drug-likeness (QED) is 0.118. The van der Waals surface area contributed by atoms with Gasteiger partial charge in [-0.15, -0.1) is 11.3 Å². The summed E-state index contributed by atoms with van der Waals surface area (Å²) < 4.78 is 29.1. The van der Waals surface area contributed by atoms with Crippen molar-refractivity contribution in [1.29, 1.82) is 0 Å². The van der Waals surface area contributed by atoms with Gasteiger partial charge in [0.15, 0.2) is 5.78 Å². The van der Waals surface area contributed by atoms with Gasteiger partial charge in [0.25, 0.3) is 0 Å². The fraction of sp³-hybridized carbons (Fsp3) is 0.652. The van der Waals surface area contributed by atoms with Crippen molar-refractivity contribution in [3.05, 3.63) is 46.8 Å². The highest BCUT2D eigenvalue weighted by atomic mass is 32.1. The lowest BCUT2D eigenvalue weighted by Gasteiger charge is -2.35. The van der Waals surface area contributed by atoms with Gasteiger partial charge in [0.2, 0.25) is 5.91 Å². The number of nitrogens with zero attached hydrogens (tertiary/aromatic N) is 3. The van der Waals surface area contributed by atoms with Crippen LogP contribution >= 0.6 is 11.3 Å². The van der Waals surface area contributed by atoms with E-state index in [9.17, 15) is 14.4 Å². The molecular weight excluding hydrogens is 769 g/mol. The molecule has 12 nitrogen and oxygen atoms in total. The first kappa shape index (κ1) is 44.9. The summed E-state index contributed by atoms with van der Waals surface area (Å²) in [5.74, 6) is 0.423. The molecule has 59 heavy (non-hydrogen) atoms. The van der Waals surface area contributed by atoms with Gasteiger partial charge in [0, 0.05) is 42.3 Å². The van der Waals surface area contributed by atoms with E-state index in [0.717, 1.165) is 104 Å². The third-order valence-corrected chi connectivity index (χ3v) is 12.9. The topological polar surface area (TPSA) is 129 Å². The predicted molar refractivity (Wildman–Crippen MR) is 231 cm³/mol. The molecule has 3 atom stereocenters. The predicted octanol–water partition coefficient (Wildman–Crippen LogP) is 8.22. The van der Waals surface area contributed by atoms with E-state index >= 15 is 0 Å². The summed E-state index contributed by atoms with van der Waals surface area (Å²) >= 11 is 1.59. The molecule has 2 saturated heterocycles. The van der Waals surface area contributed by atoms with Crippen LogP contribution < -0.4 is 10.1 Å². The summed E-state index contributed by atoms with van der Waals surface area (Å²) in [6.07, 6.45) is 8.88. The molecule has 0 radical (unpaired) electrons. The van der Waals surface area contributed by atoms with Gasteiger partial charge in [-0.3, -0.25) is 9.59 Å². The molecule has 3 aromatic rings. The van der Waals surface area contributed by atoms with Crippen LogP contribution in [0.25, 0.3) is 22.0 Å². The Hall–Kier alpha value is -3.62. The number of carbonyl (C=O) groups is 3. The second-order valence-electron chi connectivity index (χ2n) is 17.3. The number of likely N-dealkylation sites (tertiary alicyclic amines) is 1. The van der Waals surface area contributed by atoms with Crippen LogP contribution in [0.15, 0.2) is 41.8 Å². The van der Waals surface area contributed by atoms with Gasteiger partial charge >= 0.3 is 6.09 Å². The summed E-state index contributed by atoms with van der Waals surface area (Å²) in [4.78, 5) is 49.8. The van der Waals surface area contributed by atoms with Gasteiger partial charge in [0.05, 0.1) is 56.9 Å². The largest absolute Gasteiger partial charge is 0.491 e. The van der Waals surface area contributed by atoms with Crippen LogP contribution in [-0.2, 0) is 28.5 Å². The average molecular weight is 835 g/mol. The molecule has 3 aliphatic rings. The van der Waals surface area contributed by atoms with E-state index in [0.29, 0.717) is 52.3 Å². The van der Waals surface area contributed by atoms with Gasteiger partial charge < -0.3 is 38.8 Å². The Morgan fingerprint density at radius 2 is 1.58 bits per heavy atom. The second kappa shape index (κ2) is 21.8. The third-order valence-electron chi connectivity index (χ3n) is 11.9. The molecule has 2 aliphatic heterocycles. The molecule has 2 aromatic carbocycles. The molecule has 324 valence electrons. The van der Waals surface area contributed by atoms with Gasteiger partial charge in [-0.05, 0) is 103 Å². The molecule has 0 unspecified atom stereocenters. The van der Waals surface area contributed by atoms with Crippen LogP contribution in [0.1, 0.15) is 103 Å². The van der Waals surface area contributed by atoms with Gasteiger partial charge in [-0.1, -0.05) is 43.5 Å². The average Bonchev–Trinajstić information content (AvgIpc) is 3.93. The zero-order chi connectivity index (χ0) is 41.8. The van der Waals surface area contributed by atoms with E-state index in [4.69, 9.17) is 28.7 Å². The lowest BCUT2D eigenvalue weighted by atomic mass is 9.76. The van der Waals surface area contributed by atoms with Crippen molar-refractivity contribution in [2.45, 2.75) is 116 Å². The minimum Gasteiger partial charge on any atom is -0.491 e. The SMILES string of the molecule is C[C@@H](C(=O)C[C@H](C(=O)N1CCC[C@H]1c1nc(-c2ccc(OCCOCCOCCOC3CCNCC3)c3ccccc23)cs1)C1CCCCC1)N(C)C(=O)OC(C)(C)C. The monoisotopic (exact) mass is 834 g/mol. The maximum Gasteiger partial charge on any atom is 0.410 e. The molecular formula is C46H66N4O8S. The number of amides is 2. The zero-order valence-electron chi connectivity index (χ0n) is 35.9. The molecule has 13 heteroatoms. The van der Waals surface area contributed by atoms with Crippen molar-refractivity contribution >= 4 is 39.9 Å². The van der Waals surface area contributed by atoms with Crippen LogP contribution in [0.4, 0.5) is 4.79 Å². The van der Waals surface area contributed by atoms with Crippen LogP contribution in [0.3, 0.4) is 0 Å². The number of fused-ring (bicyclic) bond motifs is 1. The number of nitrogens with one attached hydrogen (secondary N) is 1. The molecule has 1 saturated carbocycles. The van der Waals surface area contributed by atoms with E-state index in [1.54, 1.807) is 46.1 Å². The Kier molecular flexibility index (Phi) is 16.6. The number of hydrogen-bond donors (Lipinski definition) is 1. The summed E-state index contributed by atoms with van der Waals surface area (Å²) in [5, 5.41) is 8.40. The van der Waals surface area contributed by atoms with E-state index in [1.165, 1.54) is 4.90 Å². The van der Waals surface area contributed by atoms with E-state index in [-0.39, 0.29) is 30.1 Å². The third kappa shape index (κ3) is 12.5. The van der Waals surface area contributed by atoms with Gasteiger partial charge in [-0.2, -0.15) is 0 Å². The number of rotatable bonds is 19. The van der Waals surface area contributed by atoms with Gasteiger partial charge in [-0.25, -0.2) is 9.78 Å². The van der Waals surface area contributed by atoms with Crippen molar-refractivity contribution < 1.29 is 38.1 Å². The molecule has 1 aromatic heterocycles. The summed E-state index contributed by atoms with van der Waals surface area (Å²) in [6, 6.07) is 11.4. The van der Waals surface area contributed by atoms with Crippen LogP contribution in [0.2, 0.25) is 0 Å². The van der Waals surface area contributed by atoms with E-state index < -0.39 is 23.7 Å². The molecule has 0 spiro atoms. The summed E-state index contributed by atoms with van der Waals surface area (Å²) in [7, 11) is 1.59. The lowest BCUT2D eigenvalue weighted by Crippen LogP contribution is -2.46. The van der Waals surface area contributed by atoms with E-state index in [2.05, 4.69) is 28.9 Å². The van der Waals surface area contributed by atoms with Crippen LogP contribution in [-0.4, -0.2) is 117 Å². The Balaban J connectivity index is 1.05. The number of aromatic nitrogens is 1. The first-order chi connectivity index (χ1) is 28.5. The maximum atomic E-state index is 14.6. The summed E-state index contributed by atoms with van der Waals surface area (Å²) in [6.45, 7) is 12.9. The number of likely N-dealkylation sites (N-methyl/N-ethyl adjacent to an activating group) is 1. The fourth-order valence-electron chi connectivity index (χ4n) is 8.54. The Bertz CT molecular complexity index is 1820. The van der Waals surface area contributed by atoms with Crippen molar-refractivity contribution in [3.63, 3.8) is 0 Å². The van der Waals surface area contributed by atoms with Gasteiger partial charge in [0.1, 0.15) is 23.0 Å². The van der Waals surface area contributed by atoms with Crippen molar-refractivity contribution in [2.75, 3.05) is 66.3 Å². The van der Waals surface area contributed by atoms with Crippen LogP contribution in [0, 0.1) is 11.8 Å². The Morgan fingerprint density at radius 1 is 0.881 bits per heavy atom. The highest BCUT2D eigenvalue weighted by Gasteiger charge is 2.41. The number of ketones is 1. The van der Waals surface area contributed by atoms with Crippen molar-refractivity contribution in [2.24, 2.45) is 11.8 Å². The lowest BCUT2D eigenvalue weighted by molar-refractivity contribution is -0.142. The molecule has 6 rings (SSSR count). The van der Waals surface area contributed by atoms with E-state index in [1.807, 2.05) is 23.1 Å².